The third-order valence-electron chi connectivity index (χ3n) is 2.13. The van der Waals surface area contributed by atoms with Gasteiger partial charge in [0.15, 0.2) is 5.82 Å². The molecule has 0 saturated heterocycles. The van der Waals surface area contributed by atoms with E-state index in [2.05, 4.69) is 10.1 Å². The van der Waals surface area contributed by atoms with Crippen molar-refractivity contribution >= 4 is 5.97 Å². The zero-order valence-electron chi connectivity index (χ0n) is 8.18. The summed E-state index contributed by atoms with van der Waals surface area (Å²) in [7, 11) is 0. The zero-order chi connectivity index (χ0) is 10.7. The van der Waals surface area contributed by atoms with E-state index in [1.54, 1.807) is 0 Å². The van der Waals surface area contributed by atoms with E-state index in [1.165, 1.54) is 12.8 Å². The molecule has 1 aliphatic rings. The molecule has 6 nitrogen and oxygen atoms in total. The molecule has 1 aromatic rings. The predicted molar refractivity (Wildman–Crippen MR) is 48.0 cm³/mol. The van der Waals surface area contributed by atoms with E-state index in [9.17, 15) is 4.79 Å². The molecule has 82 valence electrons. The lowest BCUT2D eigenvalue weighted by molar-refractivity contribution is -0.142. The Morgan fingerprint density at radius 1 is 1.60 bits per heavy atom. The molecule has 0 unspecified atom stereocenters. The van der Waals surface area contributed by atoms with E-state index in [4.69, 9.17) is 14.4 Å². The van der Waals surface area contributed by atoms with Gasteiger partial charge in [-0.25, -0.2) is 4.79 Å². The molecule has 0 atom stereocenters. The Morgan fingerprint density at radius 3 is 3.07 bits per heavy atom. The Labute approximate surface area is 86.2 Å². The Hall–Kier alpha value is -1.43. The van der Waals surface area contributed by atoms with Crippen molar-refractivity contribution in [2.45, 2.75) is 25.9 Å². The number of carboxylic acid groups (broad SMARTS) is 1. The number of nitrogens with zero attached hydrogens (tertiary/aromatic N) is 2. The maximum absolute atomic E-state index is 10.2. The fourth-order valence-corrected chi connectivity index (χ4v) is 1.24. The zero-order valence-corrected chi connectivity index (χ0v) is 8.18. The van der Waals surface area contributed by atoms with Crippen LogP contribution < -0.4 is 0 Å². The van der Waals surface area contributed by atoms with E-state index in [-0.39, 0.29) is 13.2 Å². The summed E-state index contributed by atoms with van der Waals surface area (Å²) in [4.78, 5) is 14.2. The molecule has 0 aliphatic heterocycles. The standard InChI is InChI=1S/C9H12N2O4/c12-9(13)5-14-4-8-10-7(11-15-8)3-6-1-2-6/h6H,1-5H2,(H,12,13). The molecule has 0 aromatic carbocycles. The largest absolute Gasteiger partial charge is 0.480 e. The number of aliphatic carboxylic acids is 1. The first-order chi connectivity index (χ1) is 7.24. The Morgan fingerprint density at radius 2 is 2.40 bits per heavy atom. The van der Waals surface area contributed by atoms with Gasteiger partial charge in [-0.1, -0.05) is 5.16 Å². The van der Waals surface area contributed by atoms with Crippen LogP contribution in [0.5, 0.6) is 0 Å². The first-order valence-electron chi connectivity index (χ1n) is 4.85. The van der Waals surface area contributed by atoms with Gasteiger partial charge in [0.25, 0.3) is 5.89 Å². The van der Waals surface area contributed by atoms with Crippen molar-refractivity contribution in [2.75, 3.05) is 6.61 Å². The summed E-state index contributed by atoms with van der Waals surface area (Å²) in [5, 5.41) is 12.1. The monoisotopic (exact) mass is 212 g/mol. The summed E-state index contributed by atoms with van der Waals surface area (Å²) < 4.78 is 9.72. The van der Waals surface area contributed by atoms with Gasteiger partial charge in [0.05, 0.1) is 0 Å². The highest BCUT2D eigenvalue weighted by atomic mass is 16.5. The SMILES string of the molecule is O=C(O)COCc1nc(CC2CC2)no1. The van der Waals surface area contributed by atoms with Crippen molar-refractivity contribution in [1.29, 1.82) is 0 Å². The number of hydrogen-bond donors (Lipinski definition) is 1. The summed E-state index contributed by atoms with van der Waals surface area (Å²) in [5.41, 5.74) is 0. The first kappa shape index (κ1) is 10.1. The lowest BCUT2D eigenvalue weighted by atomic mass is 10.3. The molecule has 0 spiro atoms. The summed E-state index contributed by atoms with van der Waals surface area (Å²) in [6, 6.07) is 0. The molecule has 1 saturated carbocycles. The highest BCUT2D eigenvalue weighted by Gasteiger charge is 2.23. The lowest BCUT2D eigenvalue weighted by Gasteiger charge is -1.94. The van der Waals surface area contributed by atoms with Crippen LogP contribution in [0.1, 0.15) is 24.6 Å². The van der Waals surface area contributed by atoms with E-state index >= 15 is 0 Å². The van der Waals surface area contributed by atoms with Gasteiger partial charge in [0.1, 0.15) is 13.2 Å². The van der Waals surface area contributed by atoms with E-state index in [1.807, 2.05) is 0 Å². The molecule has 1 heterocycles. The van der Waals surface area contributed by atoms with Gasteiger partial charge in [-0.05, 0) is 18.8 Å². The fraction of sp³-hybridized carbons (Fsp3) is 0.667. The Kier molecular flexibility index (Phi) is 2.96. The van der Waals surface area contributed by atoms with Gasteiger partial charge in [-0.2, -0.15) is 4.98 Å². The summed E-state index contributed by atoms with van der Waals surface area (Å²) in [5.74, 6) is 0.724. The second-order valence-electron chi connectivity index (χ2n) is 3.64. The van der Waals surface area contributed by atoms with Crippen LogP contribution in [0.15, 0.2) is 4.52 Å². The molecule has 1 N–H and O–H groups in total. The van der Waals surface area contributed by atoms with Crippen LogP contribution in [0.4, 0.5) is 0 Å². The molecule has 0 radical (unpaired) electrons. The third kappa shape index (κ3) is 3.32. The van der Waals surface area contributed by atoms with Crippen molar-refractivity contribution in [3.63, 3.8) is 0 Å². The fourth-order valence-electron chi connectivity index (χ4n) is 1.24. The second-order valence-corrected chi connectivity index (χ2v) is 3.64. The number of carboxylic acids is 1. The second kappa shape index (κ2) is 4.39. The van der Waals surface area contributed by atoms with Crippen LogP contribution in [-0.2, 0) is 22.6 Å². The van der Waals surface area contributed by atoms with Crippen LogP contribution in [0, 0.1) is 5.92 Å². The van der Waals surface area contributed by atoms with Crippen LogP contribution in [-0.4, -0.2) is 27.8 Å². The van der Waals surface area contributed by atoms with E-state index in [0.717, 1.165) is 6.42 Å². The van der Waals surface area contributed by atoms with E-state index < -0.39 is 5.97 Å². The summed E-state index contributed by atoms with van der Waals surface area (Å²) in [6.07, 6.45) is 3.32. The summed E-state index contributed by atoms with van der Waals surface area (Å²) in [6.45, 7) is -0.287. The van der Waals surface area contributed by atoms with Crippen LogP contribution in [0.2, 0.25) is 0 Å². The van der Waals surface area contributed by atoms with Crippen molar-refractivity contribution in [1.82, 2.24) is 10.1 Å². The number of aromatic nitrogens is 2. The Bertz CT molecular complexity index is 346. The van der Waals surface area contributed by atoms with Crippen LogP contribution in [0.25, 0.3) is 0 Å². The van der Waals surface area contributed by atoms with Crippen LogP contribution in [0.3, 0.4) is 0 Å². The minimum absolute atomic E-state index is 0.0595. The van der Waals surface area contributed by atoms with Gasteiger partial charge in [0, 0.05) is 6.42 Å². The van der Waals surface area contributed by atoms with Gasteiger partial charge >= 0.3 is 5.97 Å². The van der Waals surface area contributed by atoms with Crippen molar-refractivity contribution < 1.29 is 19.2 Å². The molecule has 2 rings (SSSR count). The predicted octanol–water partition coefficient (Wildman–Crippen LogP) is 0.623. The van der Waals surface area contributed by atoms with Crippen molar-refractivity contribution in [3.05, 3.63) is 11.7 Å². The smallest absolute Gasteiger partial charge is 0.329 e. The number of carbonyl (C=O) groups is 1. The molecule has 1 fully saturated rings. The average Bonchev–Trinajstić information content (AvgIpc) is 2.86. The van der Waals surface area contributed by atoms with Gasteiger partial charge in [-0.15, -0.1) is 0 Å². The minimum Gasteiger partial charge on any atom is -0.480 e. The molecular formula is C9H12N2O4. The lowest BCUT2D eigenvalue weighted by Crippen LogP contribution is -2.06. The maximum Gasteiger partial charge on any atom is 0.329 e. The molecule has 0 bridgehead atoms. The topological polar surface area (TPSA) is 85.5 Å². The molecule has 6 heteroatoms. The molecule has 1 aliphatic carbocycles. The molecular weight excluding hydrogens is 200 g/mol. The highest BCUT2D eigenvalue weighted by molar-refractivity contribution is 5.67. The van der Waals surface area contributed by atoms with Crippen molar-refractivity contribution in [3.8, 4) is 0 Å². The molecule has 1 aromatic heterocycles. The van der Waals surface area contributed by atoms with Crippen LogP contribution >= 0.6 is 0 Å². The number of hydrogen-bond acceptors (Lipinski definition) is 5. The Balaban J connectivity index is 1.75. The molecule has 15 heavy (non-hydrogen) atoms. The average molecular weight is 212 g/mol. The third-order valence-corrected chi connectivity index (χ3v) is 2.13. The highest BCUT2D eigenvalue weighted by Crippen LogP contribution is 2.31. The molecule has 0 amide bonds. The summed E-state index contributed by atoms with van der Waals surface area (Å²) >= 11 is 0. The van der Waals surface area contributed by atoms with E-state index in [0.29, 0.717) is 17.6 Å². The van der Waals surface area contributed by atoms with Gasteiger partial charge in [0.2, 0.25) is 0 Å². The number of ether oxygens (including phenoxy) is 1. The van der Waals surface area contributed by atoms with Gasteiger partial charge in [-0.3, -0.25) is 0 Å². The minimum atomic E-state index is -1.01. The normalized spacial score (nSPS) is 15.5. The van der Waals surface area contributed by atoms with Gasteiger partial charge < -0.3 is 14.4 Å². The quantitative estimate of drug-likeness (QED) is 0.744. The first-order valence-corrected chi connectivity index (χ1v) is 4.85. The maximum atomic E-state index is 10.2. The van der Waals surface area contributed by atoms with Crippen molar-refractivity contribution in [2.24, 2.45) is 5.92 Å². The number of rotatable bonds is 6.